The number of amides is 1. The highest BCUT2D eigenvalue weighted by atomic mass is 16.5. The van der Waals surface area contributed by atoms with E-state index in [0.29, 0.717) is 22.7 Å². The first-order chi connectivity index (χ1) is 11.8. The monoisotopic (exact) mass is 341 g/mol. The molecule has 5 nitrogen and oxygen atoms in total. The molecule has 0 spiro atoms. The van der Waals surface area contributed by atoms with Crippen LogP contribution in [-0.2, 0) is 4.79 Å². The zero-order valence-electron chi connectivity index (χ0n) is 15.0. The van der Waals surface area contributed by atoms with Gasteiger partial charge in [0, 0.05) is 11.1 Å². The van der Waals surface area contributed by atoms with E-state index in [2.05, 4.69) is 5.32 Å². The summed E-state index contributed by atoms with van der Waals surface area (Å²) < 4.78 is 10.7. The van der Waals surface area contributed by atoms with Gasteiger partial charge in [-0.2, -0.15) is 0 Å². The molecular weight excluding hydrogens is 318 g/mol. The Hall–Kier alpha value is -2.82. The first-order valence-corrected chi connectivity index (χ1v) is 8.02. The van der Waals surface area contributed by atoms with E-state index in [1.165, 1.54) is 7.11 Å². The average Bonchev–Trinajstić information content (AvgIpc) is 2.59. The van der Waals surface area contributed by atoms with Gasteiger partial charge in [0.2, 0.25) is 0 Å². The van der Waals surface area contributed by atoms with Crippen molar-refractivity contribution in [2.24, 2.45) is 5.41 Å². The lowest BCUT2D eigenvalue weighted by molar-refractivity contribution is -0.128. The van der Waals surface area contributed by atoms with Gasteiger partial charge in [-0.3, -0.25) is 9.59 Å². The van der Waals surface area contributed by atoms with Gasteiger partial charge in [0.05, 0.1) is 12.7 Å². The summed E-state index contributed by atoms with van der Waals surface area (Å²) in [5, 5.41) is 2.81. The molecule has 0 radical (unpaired) electrons. The second-order valence-corrected chi connectivity index (χ2v) is 6.64. The van der Waals surface area contributed by atoms with Gasteiger partial charge in [-0.05, 0) is 36.4 Å². The number of ketones is 1. The third kappa shape index (κ3) is 5.08. The Morgan fingerprint density at radius 3 is 2.24 bits per heavy atom. The lowest BCUT2D eigenvalue weighted by Gasteiger charge is -2.16. The van der Waals surface area contributed by atoms with Crippen LogP contribution < -0.4 is 14.8 Å². The minimum absolute atomic E-state index is 0.0242. The number of hydrogen-bond donors (Lipinski definition) is 1. The van der Waals surface area contributed by atoms with E-state index in [4.69, 9.17) is 9.47 Å². The number of methoxy groups -OCH3 is 1. The molecule has 132 valence electrons. The van der Waals surface area contributed by atoms with Crippen LogP contribution in [0.2, 0.25) is 0 Å². The van der Waals surface area contributed by atoms with Crippen molar-refractivity contribution < 1.29 is 19.1 Å². The van der Waals surface area contributed by atoms with Crippen LogP contribution in [0.1, 0.15) is 31.1 Å². The van der Waals surface area contributed by atoms with Crippen LogP contribution in [0.5, 0.6) is 11.5 Å². The lowest BCUT2D eigenvalue weighted by Crippen LogP contribution is -2.26. The lowest BCUT2D eigenvalue weighted by atomic mass is 9.91. The number of benzene rings is 2. The van der Waals surface area contributed by atoms with Crippen LogP contribution in [0.15, 0.2) is 48.5 Å². The standard InChI is InChI=1S/C20H23NO4/c1-20(2,3)18(22)13-25-15-11-9-14(10-12-15)21-19(23)16-7-5-6-8-17(16)24-4/h5-12H,13H2,1-4H3,(H,21,23). The maximum absolute atomic E-state index is 12.3. The Kier molecular flexibility index (Phi) is 5.80. The molecule has 2 aromatic rings. The third-order valence-electron chi connectivity index (χ3n) is 3.67. The summed E-state index contributed by atoms with van der Waals surface area (Å²) in [5.41, 5.74) is 0.661. The van der Waals surface area contributed by atoms with Crippen molar-refractivity contribution >= 4 is 17.4 Å². The van der Waals surface area contributed by atoms with Crippen molar-refractivity contribution in [2.45, 2.75) is 20.8 Å². The number of hydrogen-bond acceptors (Lipinski definition) is 4. The predicted molar refractivity (Wildman–Crippen MR) is 97.3 cm³/mol. The fraction of sp³-hybridized carbons (Fsp3) is 0.300. The van der Waals surface area contributed by atoms with E-state index >= 15 is 0 Å². The van der Waals surface area contributed by atoms with Gasteiger partial charge < -0.3 is 14.8 Å². The fourth-order valence-corrected chi connectivity index (χ4v) is 2.03. The highest BCUT2D eigenvalue weighted by molar-refractivity contribution is 6.06. The highest BCUT2D eigenvalue weighted by Gasteiger charge is 2.21. The molecule has 0 atom stereocenters. The molecule has 1 N–H and O–H groups in total. The first-order valence-electron chi connectivity index (χ1n) is 8.02. The normalized spacial score (nSPS) is 10.9. The van der Waals surface area contributed by atoms with Crippen LogP contribution in [0, 0.1) is 5.41 Å². The summed E-state index contributed by atoms with van der Waals surface area (Å²) in [5.74, 6) is 0.864. The number of ether oxygens (including phenoxy) is 2. The quantitative estimate of drug-likeness (QED) is 0.864. The Bertz CT molecular complexity index is 745. The van der Waals surface area contributed by atoms with E-state index in [9.17, 15) is 9.59 Å². The molecular formula is C20H23NO4. The van der Waals surface area contributed by atoms with Gasteiger partial charge in [0.25, 0.3) is 5.91 Å². The predicted octanol–water partition coefficient (Wildman–Crippen LogP) is 3.94. The first kappa shape index (κ1) is 18.5. The molecule has 0 heterocycles. The minimum atomic E-state index is -0.428. The van der Waals surface area contributed by atoms with Crippen molar-refractivity contribution in [3.8, 4) is 11.5 Å². The van der Waals surface area contributed by atoms with Crippen LogP contribution in [0.4, 0.5) is 5.69 Å². The molecule has 0 saturated carbocycles. The molecule has 0 aliphatic heterocycles. The number of anilines is 1. The van der Waals surface area contributed by atoms with Crippen molar-refractivity contribution in [1.29, 1.82) is 0 Å². The van der Waals surface area contributed by atoms with Crippen LogP contribution in [0.3, 0.4) is 0 Å². The van der Waals surface area contributed by atoms with Gasteiger partial charge in [-0.25, -0.2) is 0 Å². The van der Waals surface area contributed by atoms with Gasteiger partial charge in [-0.15, -0.1) is 0 Å². The summed E-state index contributed by atoms with van der Waals surface area (Å²) in [6.45, 7) is 5.59. The van der Waals surface area contributed by atoms with E-state index in [0.717, 1.165) is 0 Å². The largest absolute Gasteiger partial charge is 0.496 e. The van der Waals surface area contributed by atoms with Gasteiger partial charge in [-0.1, -0.05) is 32.9 Å². The third-order valence-corrected chi connectivity index (χ3v) is 3.67. The number of Topliss-reactive ketones (excluding diaryl/α,β-unsaturated/α-hetero) is 1. The van der Waals surface area contributed by atoms with Crippen molar-refractivity contribution in [2.75, 3.05) is 19.0 Å². The maximum Gasteiger partial charge on any atom is 0.259 e. The topological polar surface area (TPSA) is 64.6 Å². The molecule has 1 amide bonds. The molecule has 25 heavy (non-hydrogen) atoms. The summed E-state index contributed by atoms with van der Waals surface area (Å²) in [6, 6.07) is 13.9. The number of para-hydroxylation sites is 1. The Labute approximate surface area is 148 Å². The number of carbonyl (C=O) groups excluding carboxylic acids is 2. The zero-order chi connectivity index (χ0) is 18.4. The zero-order valence-corrected chi connectivity index (χ0v) is 15.0. The maximum atomic E-state index is 12.3. The van der Waals surface area contributed by atoms with Crippen molar-refractivity contribution in [1.82, 2.24) is 0 Å². The molecule has 0 bridgehead atoms. The SMILES string of the molecule is COc1ccccc1C(=O)Nc1ccc(OCC(=O)C(C)(C)C)cc1. The molecule has 2 rings (SSSR count). The molecule has 0 unspecified atom stereocenters. The molecule has 0 saturated heterocycles. The van der Waals surface area contributed by atoms with Crippen LogP contribution in [-0.4, -0.2) is 25.4 Å². The molecule has 0 aliphatic carbocycles. The van der Waals surface area contributed by atoms with E-state index in [1.807, 2.05) is 20.8 Å². The summed E-state index contributed by atoms with van der Waals surface area (Å²) in [7, 11) is 1.52. The summed E-state index contributed by atoms with van der Waals surface area (Å²) in [4.78, 5) is 24.2. The van der Waals surface area contributed by atoms with Crippen molar-refractivity contribution in [3.63, 3.8) is 0 Å². The Balaban J connectivity index is 1.98. The summed E-state index contributed by atoms with van der Waals surface area (Å²) >= 11 is 0. The Morgan fingerprint density at radius 1 is 1.00 bits per heavy atom. The molecule has 5 heteroatoms. The van der Waals surface area contributed by atoms with Crippen LogP contribution in [0.25, 0.3) is 0 Å². The second kappa shape index (κ2) is 7.83. The molecule has 0 aromatic heterocycles. The average molecular weight is 341 g/mol. The second-order valence-electron chi connectivity index (χ2n) is 6.64. The Morgan fingerprint density at radius 2 is 1.64 bits per heavy atom. The van der Waals surface area contributed by atoms with E-state index < -0.39 is 5.41 Å². The van der Waals surface area contributed by atoms with Crippen molar-refractivity contribution in [3.05, 3.63) is 54.1 Å². The van der Waals surface area contributed by atoms with Crippen LogP contribution >= 0.6 is 0 Å². The number of carbonyl (C=O) groups is 2. The fourth-order valence-electron chi connectivity index (χ4n) is 2.03. The number of rotatable bonds is 6. The smallest absolute Gasteiger partial charge is 0.259 e. The van der Waals surface area contributed by atoms with Gasteiger partial charge in [0.15, 0.2) is 5.78 Å². The summed E-state index contributed by atoms with van der Waals surface area (Å²) in [6.07, 6.45) is 0. The van der Waals surface area contributed by atoms with E-state index in [-0.39, 0.29) is 18.3 Å². The van der Waals surface area contributed by atoms with E-state index in [1.54, 1.807) is 48.5 Å². The molecule has 2 aromatic carbocycles. The minimum Gasteiger partial charge on any atom is -0.496 e. The molecule has 0 fully saturated rings. The number of nitrogens with one attached hydrogen (secondary N) is 1. The molecule has 0 aliphatic rings. The van der Waals surface area contributed by atoms with Gasteiger partial charge >= 0.3 is 0 Å². The highest BCUT2D eigenvalue weighted by Crippen LogP contribution is 2.21. The van der Waals surface area contributed by atoms with Gasteiger partial charge in [0.1, 0.15) is 18.1 Å².